The third-order valence-electron chi connectivity index (χ3n) is 3.17. The summed E-state index contributed by atoms with van der Waals surface area (Å²) in [6.45, 7) is 2.76. The minimum atomic E-state index is -0.872. The lowest BCUT2D eigenvalue weighted by molar-refractivity contribution is -0.147. The largest absolute Gasteiger partial charge is 0.481 e. The number of rotatable bonds is 6. The van der Waals surface area contributed by atoms with Crippen molar-refractivity contribution in [2.75, 3.05) is 6.54 Å². The molecule has 0 unspecified atom stereocenters. The van der Waals surface area contributed by atoms with Crippen LogP contribution in [0.25, 0.3) is 0 Å². The molecule has 0 aromatic carbocycles. The summed E-state index contributed by atoms with van der Waals surface area (Å²) < 4.78 is 0. The molecule has 17 heavy (non-hydrogen) atoms. The fraction of sp³-hybridized carbons (Fsp3) is 0.692. The van der Waals surface area contributed by atoms with Crippen LogP contribution in [0.5, 0.6) is 0 Å². The highest BCUT2D eigenvalue weighted by atomic mass is 16.4. The van der Waals surface area contributed by atoms with Gasteiger partial charge in [-0.25, -0.2) is 0 Å². The van der Waals surface area contributed by atoms with Crippen LogP contribution in [0.4, 0.5) is 0 Å². The van der Waals surface area contributed by atoms with E-state index >= 15 is 0 Å². The second kappa shape index (κ2) is 7.09. The van der Waals surface area contributed by atoms with E-state index in [-0.39, 0.29) is 5.91 Å². The van der Waals surface area contributed by atoms with Gasteiger partial charge in [-0.15, -0.1) is 0 Å². The Kier molecular flexibility index (Phi) is 5.73. The van der Waals surface area contributed by atoms with E-state index in [1.807, 2.05) is 12.2 Å². The van der Waals surface area contributed by atoms with E-state index in [0.717, 1.165) is 19.3 Å². The molecule has 0 saturated heterocycles. The number of carbonyl (C=O) groups excluding carboxylic acids is 1. The van der Waals surface area contributed by atoms with E-state index in [9.17, 15) is 9.59 Å². The first-order valence-corrected chi connectivity index (χ1v) is 6.32. The van der Waals surface area contributed by atoms with Gasteiger partial charge < -0.3 is 10.4 Å². The maximum Gasteiger partial charge on any atom is 0.307 e. The predicted octanol–water partition coefficient (Wildman–Crippen LogP) is 1.96. The average molecular weight is 239 g/mol. The van der Waals surface area contributed by atoms with Gasteiger partial charge in [0, 0.05) is 6.54 Å². The van der Waals surface area contributed by atoms with Crippen LogP contribution in [0.3, 0.4) is 0 Å². The second-order valence-corrected chi connectivity index (χ2v) is 4.49. The van der Waals surface area contributed by atoms with E-state index in [1.165, 1.54) is 0 Å². The summed E-state index contributed by atoms with van der Waals surface area (Å²) >= 11 is 0. The molecule has 0 bridgehead atoms. The van der Waals surface area contributed by atoms with Gasteiger partial charge >= 0.3 is 5.97 Å². The molecule has 0 fully saturated rings. The van der Waals surface area contributed by atoms with E-state index in [0.29, 0.717) is 19.4 Å². The Morgan fingerprint density at radius 1 is 1.24 bits per heavy atom. The number of carboxylic acid groups (broad SMARTS) is 1. The molecular weight excluding hydrogens is 218 g/mol. The van der Waals surface area contributed by atoms with E-state index < -0.39 is 17.8 Å². The normalized spacial score (nSPS) is 23.4. The summed E-state index contributed by atoms with van der Waals surface area (Å²) in [4.78, 5) is 22.9. The summed E-state index contributed by atoms with van der Waals surface area (Å²) in [6, 6.07) is 0. The molecule has 2 N–H and O–H groups in total. The van der Waals surface area contributed by atoms with E-state index in [4.69, 9.17) is 5.11 Å². The fourth-order valence-corrected chi connectivity index (χ4v) is 2.09. The molecule has 0 saturated carbocycles. The standard InChI is InChI=1S/C13H21NO3/c1-2-3-6-9-14-12(15)10-7-4-5-8-11(10)13(16)17/h4-5,10-11H,2-3,6-9H2,1H3,(H,14,15)(H,16,17)/t10-,11+/m0/s1. The van der Waals surface area contributed by atoms with Crippen molar-refractivity contribution in [3.8, 4) is 0 Å². The molecule has 1 amide bonds. The maximum atomic E-state index is 11.9. The maximum absolute atomic E-state index is 11.9. The Hall–Kier alpha value is -1.32. The van der Waals surface area contributed by atoms with Crippen molar-refractivity contribution in [2.45, 2.75) is 39.0 Å². The van der Waals surface area contributed by atoms with Gasteiger partial charge in [-0.1, -0.05) is 31.9 Å². The molecule has 0 heterocycles. The van der Waals surface area contributed by atoms with Crippen molar-refractivity contribution in [2.24, 2.45) is 11.8 Å². The number of hydrogen-bond donors (Lipinski definition) is 2. The van der Waals surface area contributed by atoms with Gasteiger partial charge in [0.1, 0.15) is 0 Å². The Morgan fingerprint density at radius 2 is 1.88 bits per heavy atom. The highest BCUT2D eigenvalue weighted by Gasteiger charge is 2.33. The highest BCUT2D eigenvalue weighted by molar-refractivity contribution is 5.85. The number of hydrogen-bond acceptors (Lipinski definition) is 2. The number of allylic oxidation sites excluding steroid dienone is 2. The molecule has 96 valence electrons. The van der Waals surface area contributed by atoms with Crippen LogP contribution in [0.2, 0.25) is 0 Å². The van der Waals surface area contributed by atoms with E-state index in [1.54, 1.807) is 0 Å². The molecule has 1 rings (SSSR count). The molecule has 0 aromatic rings. The Bertz CT molecular complexity index is 299. The first-order valence-electron chi connectivity index (χ1n) is 6.32. The number of nitrogens with one attached hydrogen (secondary N) is 1. The quantitative estimate of drug-likeness (QED) is 0.550. The topological polar surface area (TPSA) is 66.4 Å². The van der Waals surface area contributed by atoms with Gasteiger partial charge in [-0.3, -0.25) is 9.59 Å². The van der Waals surface area contributed by atoms with Gasteiger partial charge in [-0.05, 0) is 19.3 Å². The summed E-state index contributed by atoms with van der Waals surface area (Å²) in [5.74, 6) is -1.95. The van der Waals surface area contributed by atoms with Crippen LogP contribution in [0.1, 0.15) is 39.0 Å². The van der Waals surface area contributed by atoms with Crippen LogP contribution in [0.15, 0.2) is 12.2 Å². The molecule has 4 nitrogen and oxygen atoms in total. The molecule has 4 heteroatoms. The zero-order valence-electron chi connectivity index (χ0n) is 10.3. The van der Waals surface area contributed by atoms with Crippen molar-refractivity contribution in [1.82, 2.24) is 5.32 Å². The highest BCUT2D eigenvalue weighted by Crippen LogP contribution is 2.25. The lowest BCUT2D eigenvalue weighted by Crippen LogP contribution is -2.39. The number of carboxylic acids is 1. The average Bonchev–Trinajstić information content (AvgIpc) is 2.34. The van der Waals surface area contributed by atoms with Crippen LogP contribution in [0, 0.1) is 11.8 Å². The SMILES string of the molecule is CCCCCNC(=O)[C@H]1CC=CC[C@H]1C(=O)O. The molecule has 1 aliphatic carbocycles. The first kappa shape index (κ1) is 13.7. The van der Waals surface area contributed by atoms with Gasteiger partial charge in [0.05, 0.1) is 11.8 Å². The van der Waals surface area contributed by atoms with Gasteiger partial charge in [0.25, 0.3) is 0 Å². The molecule has 0 aliphatic heterocycles. The Balaban J connectivity index is 2.43. The van der Waals surface area contributed by atoms with Crippen LogP contribution < -0.4 is 5.32 Å². The Morgan fingerprint density at radius 3 is 2.47 bits per heavy atom. The van der Waals surface area contributed by atoms with Gasteiger partial charge in [0.15, 0.2) is 0 Å². The van der Waals surface area contributed by atoms with Gasteiger partial charge in [-0.2, -0.15) is 0 Å². The van der Waals surface area contributed by atoms with E-state index in [2.05, 4.69) is 12.2 Å². The number of unbranched alkanes of at least 4 members (excludes halogenated alkanes) is 2. The van der Waals surface area contributed by atoms with Crippen LogP contribution in [-0.4, -0.2) is 23.5 Å². The lowest BCUT2D eigenvalue weighted by atomic mass is 9.82. The molecule has 0 radical (unpaired) electrons. The zero-order chi connectivity index (χ0) is 12.7. The third-order valence-corrected chi connectivity index (χ3v) is 3.17. The minimum absolute atomic E-state index is 0.113. The predicted molar refractivity (Wildman–Crippen MR) is 65.5 cm³/mol. The van der Waals surface area contributed by atoms with Crippen molar-refractivity contribution >= 4 is 11.9 Å². The summed E-state index contributed by atoms with van der Waals surface area (Å²) in [6.07, 6.45) is 7.91. The van der Waals surface area contributed by atoms with Crippen molar-refractivity contribution in [1.29, 1.82) is 0 Å². The number of carbonyl (C=O) groups is 2. The molecule has 2 atom stereocenters. The summed E-state index contributed by atoms with van der Waals surface area (Å²) in [7, 11) is 0. The lowest BCUT2D eigenvalue weighted by Gasteiger charge is -2.24. The minimum Gasteiger partial charge on any atom is -0.481 e. The van der Waals surface area contributed by atoms with Crippen molar-refractivity contribution < 1.29 is 14.7 Å². The third kappa shape index (κ3) is 4.21. The number of amides is 1. The molecule has 1 aliphatic rings. The Labute approximate surface area is 102 Å². The number of aliphatic carboxylic acids is 1. The van der Waals surface area contributed by atoms with Crippen LogP contribution >= 0.6 is 0 Å². The first-order chi connectivity index (χ1) is 8.16. The molecular formula is C13H21NO3. The van der Waals surface area contributed by atoms with Crippen molar-refractivity contribution in [3.05, 3.63) is 12.2 Å². The smallest absolute Gasteiger partial charge is 0.307 e. The summed E-state index contributed by atoms with van der Waals surface area (Å²) in [5.41, 5.74) is 0. The zero-order valence-corrected chi connectivity index (χ0v) is 10.3. The van der Waals surface area contributed by atoms with Crippen LogP contribution in [-0.2, 0) is 9.59 Å². The molecule has 0 spiro atoms. The van der Waals surface area contributed by atoms with Crippen molar-refractivity contribution in [3.63, 3.8) is 0 Å². The molecule has 0 aromatic heterocycles. The fourth-order valence-electron chi connectivity index (χ4n) is 2.09. The summed E-state index contributed by atoms with van der Waals surface area (Å²) in [5, 5.41) is 11.9. The second-order valence-electron chi connectivity index (χ2n) is 4.49. The monoisotopic (exact) mass is 239 g/mol. The van der Waals surface area contributed by atoms with Gasteiger partial charge in [0.2, 0.25) is 5.91 Å².